The number of aromatic nitrogens is 1. The van der Waals surface area contributed by atoms with Gasteiger partial charge in [-0.05, 0) is 26.8 Å². The van der Waals surface area contributed by atoms with Gasteiger partial charge in [0.2, 0.25) is 0 Å². The van der Waals surface area contributed by atoms with Crippen molar-refractivity contribution in [2.24, 2.45) is 0 Å². The third-order valence-corrected chi connectivity index (χ3v) is 3.05. The lowest BCUT2D eigenvalue weighted by atomic mass is 10.2. The van der Waals surface area contributed by atoms with Gasteiger partial charge in [-0.1, -0.05) is 6.07 Å². The number of allylic oxidation sites excluding steroid dienone is 1. The van der Waals surface area contributed by atoms with Crippen molar-refractivity contribution >= 4 is 11.9 Å². The molecule has 0 saturated carbocycles. The van der Waals surface area contributed by atoms with E-state index < -0.39 is 5.60 Å². The zero-order valence-electron chi connectivity index (χ0n) is 11.8. The molecular weight excluding hydrogens is 254 g/mol. The average molecular weight is 271 g/mol. The topological polar surface area (TPSA) is 45.7 Å². The number of hydrogen-bond donors (Lipinski definition) is 0. The van der Waals surface area contributed by atoms with Crippen LogP contribution in [-0.4, -0.2) is 21.6 Å². The van der Waals surface area contributed by atoms with Crippen LogP contribution in [0.3, 0.4) is 0 Å². The molecule has 0 unspecified atom stereocenters. The van der Waals surface area contributed by atoms with E-state index in [1.807, 2.05) is 44.0 Å². The molecule has 2 aliphatic rings. The SMILES string of the molecule is CC(C)(C)OC(=O)N1C=CN2C(=C1)Cc1cccnc12. The first-order chi connectivity index (χ1) is 9.44. The van der Waals surface area contributed by atoms with Crippen LogP contribution in [0.25, 0.3) is 0 Å². The highest BCUT2D eigenvalue weighted by atomic mass is 16.6. The van der Waals surface area contributed by atoms with Gasteiger partial charge < -0.3 is 9.64 Å². The molecule has 5 nitrogen and oxygen atoms in total. The Morgan fingerprint density at radius 3 is 2.90 bits per heavy atom. The van der Waals surface area contributed by atoms with Crippen molar-refractivity contribution in [1.29, 1.82) is 0 Å². The number of amides is 1. The molecule has 0 spiro atoms. The Bertz CT molecular complexity index is 614. The molecule has 0 aliphatic carbocycles. The molecule has 3 heterocycles. The standard InChI is InChI=1S/C15H17N3O2/c1-15(2,3)20-14(19)17-7-8-18-12(10-17)9-11-5-4-6-16-13(11)18/h4-8,10H,9H2,1-3H3. The van der Waals surface area contributed by atoms with Crippen LogP contribution in [0.4, 0.5) is 10.6 Å². The van der Waals surface area contributed by atoms with E-state index in [1.54, 1.807) is 18.6 Å². The normalized spacial score (nSPS) is 16.6. The van der Waals surface area contributed by atoms with Crippen LogP contribution < -0.4 is 4.90 Å². The minimum atomic E-state index is -0.499. The van der Waals surface area contributed by atoms with Crippen molar-refractivity contribution in [3.63, 3.8) is 0 Å². The zero-order chi connectivity index (χ0) is 14.3. The largest absolute Gasteiger partial charge is 0.443 e. The number of carbonyl (C=O) groups excluding carboxylic acids is 1. The van der Waals surface area contributed by atoms with Gasteiger partial charge in [-0.25, -0.2) is 9.78 Å². The highest BCUT2D eigenvalue weighted by molar-refractivity contribution is 5.73. The maximum Gasteiger partial charge on any atom is 0.418 e. The number of pyridine rings is 1. The molecule has 1 aromatic rings. The summed E-state index contributed by atoms with van der Waals surface area (Å²) in [6, 6.07) is 3.97. The van der Waals surface area contributed by atoms with Gasteiger partial charge in [-0.3, -0.25) is 4.90 Å². The van der Waals surface area contributed by atoms with Gasteiger partial charge >= 0.3 is 6.09 Å². The number of hydrogen-bond acceptors (Lipinski definition) is 4. The molecule has 5 heteroatoms. The van der Waals surface area contributed by atoms with Crippen molar-refractivity contribution in [3.05, 3.63) is 48.2 Å². The summed E-state index contributed by atoms with van der Waals surface area (Å²) in [6.07, 6.45) is 7.52. The van der Waals surface area contributed by atoms with E-state index in [0.717, 1.165) is 23.5 Å². The molecule has 0 aromatic carbocycles. The van der Waals surface area contributed by atoms with Crippen molar-refractivity contribution in [1.82, 2.24) is 9.88 Å². The molecule has 104 valence electrons. The Labute approximate surface area is 118 Å². The fourth-order valence-corrected chi connectivity index (χ4v) is 2.25. The highest BCUT2D eigenvalue weighted by Crippen LogP contribution is 2.34. The molecule has 0 saturated heterocycles. The smallest absolute Gasteiger partial charge is 0.418 e. The maximum atomic E-state index is 12.0. The molecule has 0 fully saturated rings. The van der Waals surface area contributed by atoms with Crippen LogP contribution >= 0.6 is 0 Å². The lowest BCUT2D eigenvalue weighted by molar-refractivity contribution is 0.0396. The quantitative estimate of drug-likeness (QED) is 0.727. The summed E-state index contributed by atoms with van der Waals surface area (Å²) in [6.45, 7) is 5.56. The number of fused-ring (bicyclic) bond motifs is 3. The first-order valence-electron chi connectivity index (χ1n) is 6.57. The molecule has 2 aliphatic heterocycles. The molecule has 0 radical (unpaired) electrons. The molecular formula is C15H17N3O2. The fraction of sp³-hybridized carbons (Fsp3) is 0.333. The third-order valence-electron chi connectivity index (χ3n) is 3.05. The number of rotatable bonds is 0. The van der Waals surface area contributed by atoms with E-state index >= 15 is 0 Å². The van der Waals surface area contributed by atoms with Gasteiger partial charge in [0.05, 0.1) is 0 Å². The van der Waals surface area contributed by atoms with Gasteiger partial charge in [-0.2, -0.15) is 0 Å². The summed E-state index contributed by atoms with van der Waals surface area (Å²) in [5, 5.41) is 0. The number of ether oxygens (including phenoxy) is 1. The van der Waals surface area contributed by atoms with E-state index in [4.69, 9.17) is 4.74 Å². The Morgan fingerprint density at radius 1 is 1.35 bits per heavy atom. The molecule has 3 rings (SSSR count). The van der Waals surface area contributed by atoms with Gasteiger partial charge in [0.15, 0.2) is 0 Å². The van der Waals surface area contributed by atoms with Crippen LogP contribution in [0, 0.1) is 0 Å². The minimum absolute atomic E-state index is 0.371. The van der Waals surface area contributed by atoms with E-state index in [9.17, 15) is 4.79 Å². The summed E-state index contributed by atoms with van der Waals surface area (Å²) in [4.78, 5) is 19.9. The van der Waals surface area contributed by atoms with E-state index in [2.05, 4.69) is 4.98 Å². The van der Waals surface area contributed by atoms with Gasteiger partial charge in [0, 0.05) is 42.5 Å². The Morgan fingerprint density at radius 2 is 2.15 bits per heavy atom. The van der Waals surface area contributed by atoms with Crippen molar-refractivity contribution in [2.75, 3.05) is 4.90 Å². The molecule has 1 aromatic heterocycles. The van der Waals surface area contributed by atoms with Crippen molar-refractivity contribution in [2.45, 2.75) is 32.8 Å². The lowest BCUT2D eigenvalue weighted by Gasteiger charge is -2.27. The van der Waals surface area contributed by atoms with E-state index in [-0.39, 0.29) is 6.09 Å². The third kappa shape index (κ3) is 2.27. The molecule has 1 amide bonds. The fourth-order valence-electron chi connectivity index (χ4n) is 2.25. The van der Waals surface area contributed by atoms with Crippen LogP contribution in [0.1, 0.15) is 26.3 Å². The monoisotopic (exact) mass is 271 g/mol. The second-order valence-corrected chi connectivity index (χ2v) is 5.84. The maximum absolute atomic E-state index is 12.0. The molecule has 0 atom stereocenters. The first-order valence-corrected chi connectivity index (χ1v) is 6.57. The predicted molar refractivity (Wildman–Crippen MR) is 75.7 cm³/mol. The van der Waals surface area contributed by atoms with E-state index in [0.29, 0.717) is 0 Å². The van der Waals surface area contributed by atoms with Crippen LogP contribution in [0.2, 0.25) is 0 Å². The Balaban J connectivity index is 1.81. The van der Waals surface area contributed by atoms with Gasteiger partial charge in [0.25, 0.3) is 0 Å². The predicted octanol–water partition coefficient (Wildman–Crippen LogP) is 3.01. The number of anilines is 1. The van der Waals surface area contributed by atoms with Crippen LogP contribution in [0.15, 0.2) is 42.6 Å². The van der Waals surface area contributed by atoms with Crippen LogP contribution in [0.5, 0.6) is 0 Å². The summed E-state index contributed by atoms with van der Waals surface area (Å²) < 4.78 is 5.36. The lowest BCUT2D eigenvalue weighted by Crippen LogP contribution is -2.33. The highest BCUT2D eigenvalue weighted by Gasteiger charge is 2.29. The summed E-state index contributed by atoms with van der Waals surface area (Å²) in [7, 11) is 0. The zero-order valence-corrected chi connectivity index (χ0v) is 11.8. The van der Waals surface area contributed by atoms with Crippen molar-refractivity contribution < 1.29 is 9.53 Å². The Kier molecular flexibility index (Phi) is 2.78. The van der Waals surface area contributed by atoms with Gasteiger partial charge in [-0.15, -0.1) is 0 Å². The Hall–Kier alpha value is -2.30. The number of carbonyl (C=O) groups is 1. The van der Waals surface area contributed by atoms with Crippen LogP contribution in [-0.2, 0) is 11.2 Å². The molecule has 0 bridgehead atoms. The summed E-state index contributed by atoms with van der Waals surface area (Å²) in [5.41, 5.74) is 1.68. The van der Waals surface area contributed by atoms with E-state index in [1.165, 1.54) is 4.90 Å². The van der Waals surface area contributed by atoms with Gasteiger partial charge in [0.1, 0.15) is 11.4 Å². The minimum Gasteiger partial charge on any atom is -0.443 e. The molecule has 0 N–H and O–H groups in total. The number of nitrogens with zero attached hydrogens (tertiary/aromatic N) is 3. The second-order valence-electron chi connectivity index (χ2n) is 5.84. The summed E-state index contributed by atoms with van der Waals surface area (Å²) >= 11 is 0. The first kappa shape index (κ1) is 12.7. The average Bonchev–Trinajstić information content (AvgIpc) is 2.74. The second kappa shape index (κ2) is 4.37. The summed E-state index contributed by atoms with van der Waals surface area (Å²) in [5.74, 6) is 0.929. The molecule has 20 heavy (non-hydrogen) atoms. The van der Waals surface area contributed by atoms with Crippen molar-refractivity contribution in [3.8, 4) is 0 Å².